The van der Waals surface area contributed by atoms with Crippen molar-refractivity contribution in [3.05, 3.63) is 71.3 Å². The topological polar surface area (TPSA) is 57.7 Å². The highest BCUT2D eigenvalue weighted by molar-refractivity contribution is 6.15. The quantitative estimate of drug-likeness (QED) is 0.784. The van der Waals surface area contributed by atoms with Gasteiger partial charge in [0.1, 0.15) is 0 Å². The summed E-state index contributed by atoms with van der Waals surface area (Å²) < 4.78 is 0. The smallest absolute Gasteiger partial charge is 0.254 e. The predicted octanol–water partition coefficient (Wildman–Crippen LogP) is 2.86. The standard InChI is InChI=1S/C22H24N2O3/c1-23(2)21(26)17-12-14-24(15-13-17)22(27)19-11-7-6-10-18(19)20(25)16-8-4-3-5-9-16/h3-11,17H,12-15H2,1-2H3. The minimum Gasteiger partial charge on any atom is -0.349 e. The summed E-state index contributed by atoms with van der Waals surface area (Å²) in [6.07, 6.45) is 1.30. The number of amides is 2. The molecule has 0 spiro atoms. The van der Waals surface area contributed by atoms with Gasteiger partial charge in [-0.05, 0) is 18.9 Å². The largest absolute Gasteiger partial charge is 0.349 e. The van der Waals surface area contributed by atoms with Crippen LogP contribution in [0.2, 0.25) is 0 Å². The lowest BCUT2D eigenvalue weighted by atomic mass is 9.93. The number of hydrogen-bond donors (Lipinski definition) is 0. The molecule has 27 heavy (non-hydrogen) atoms. The first kappa shape index (κ1) is 18.8. The molecule has 1 heterocycles. The number of piperidine rings is 1. The van der Waals surface area contributed by atoms with Crippen molar-refractivity contribution in [3.8, 4) is 0 Å². The Labute approximate surface area is 159 Å². The summed E-state index contributed by atoms with van der Waals surface area (Å²) in [6.45, 7) is 1.05. The van der Waals surface area contributed by atoms with Crippen LogP contribution in [0.4, 0.5) is 0 Å². The van der Waals surface area contributed by atoms with E-state index in [-0.39, 0.29) is 23.5 Å². The van der Waals surface area contributed by atoms with Crippen LogP contribution < -0.4 is 0 Å². The van der Waals surface area contributed by atoms with Crippen molar-refractivity contribution in [2.45, 2.75) is 12.8 Å². The Morgan fingerprint density at radius 2 is 1.41 bits per heavy atom. The van der Waals surface area contributed by atoms with Gasteiger partial charge in [0.05, 0.1) is 5.56 Å². The molecule has 0 N–H and O–H groups in total. The number of carbonyl (C=O) groups is 3. The van der Waals surface area contributed by atoms with Gasteiger partial charge in [-0.25, -0.2) is 0 Å². The average Bonchev–Trinajstić information content (AvgIpc) is 2.73. The van der Waals surface area contributed by atoms with Crippen molar-refractivity contribution < 1.29 is 14.4 Å². The second kappa shape index (κ2) is 8.16. The van der Waals surface area contributed by atoms with E-state index in [4.69, 9.17) is 0 Å². The van der Waals surface area contributed by atoms with Gasteiger partial charge in [-0.15, -0.1) is 0 Å². The average molecular weight is 364 g/mol. The van der Waals surface area contributed by atoms with Crippen LogP contribution >= 0.6 is 0 Å². The third-order valence-electron chi connectivity index (χ3n) is 5.01. The second-order valence-corrected chi connectivity index (χ2v) is 7.04. The summed E-state index contributed by atoms with van der Waals surface area (Å²) in [5.74, 6) is -0.227. The number of likely N-dealkylation sites (tertiary alicyclic amines) is 1. The summed E-state index contributed by atoms with van der Waals surface area (Å²) in [5.41, 5.74) is 1.40. The zero-order valence-corrected chi connectivity index (χ0v) is 15.7. The number of rotatable bonds is 4. The maximum Gasteiger partial charge on any atom is 0.254 e. The van der Waals surface area contributed by atoms with Gasteiger partial charge in [0.15, 0.2) is 5.78 Å². The molecular formula is C22H24N2O3. The number of hydrogen-bond acceptors (Lipinski definition) is 3. The van der Waals surface area contributed by atoms with E-state index in [9.17, 15) is 14.4 Å². The predicted molar refractivity (Wildman–Crippen MR) is 104 cm³/mol. The molecule has 2 amide bonds. The van der Waals surface area contributed by atoms with Gasteiger partial charge in [0.25, 0.3) is 5.91 Å². The molecule has 1 aliphatic rings. The van der Waals surface area contributed by atoms with Crippen LogP contribution in [0.3, 0.4) is 0 Å². The Morgan fingerprint density at radius 3 is 2.00 bits per heavy atom. The van der Waals surface area contributed by atoms with Crippen LogP contribution in [-0.4, -0.2) is 54.6 Å². The third-order valence-corrected chi connectivity index (χ3v) is 5.01. The maximum atomic E-state index is 13.0. The fourth-order valence-corrected chi connectivity index (χ4v) is 3.48. The Morgan fingerprint density at radius 1 is 0.852 bits per heavy atom. The first-order chi connectivity index (χ1) is 13.0. The Hall–Kier alpha value is -2.95. The van der Waals surface area contributed by atoms with Crippen LogP contribution in [0.1, 0.15) is 39.1 Å². The zero-order valence-electron chi connectivity index (χ0n) is 15.7. The molecule has 2 aromatic carbocycles. The fraction of sp³-hybridized carbons (Fsp3) is 0.318. The van der Waals surface area contributed by atoms with Crippen LogP contribution in [0.5, 0.6) is 0 Å². The SMILES string of the molecule is CN(C)C(=O)C1CCN(C(=O)c2ccccc2C(=O)c2ccccc2)CC1. The highest BCUT2D eigenvalue weighted by Gasteiger charge is 2.30. The van der Waals surface area contributed by atoms with Crippen LogP contribution in [0, 0.1) is 5.92 Å². The summed E-state index contributed by atoms with van der Waals surface area (Å²) in [5, 5.41) is 0. The van der Waals surface area contributed by atoms with Crippen molar-refractivity contribution in [1.29, 1.82) is 0 Å². The van der Waals surface area contributed by atoms with Gasteiger partial charge in [-0.2, -0.15) is 0 Å². The minimum absolute atomic E-state index is 0.0368. The van der Waals surface area contributed by atoms with E-state index >= 15 is 0 Å². The summed E-state index contributed by atoms with van der Waals surface area (Å²) in [6, 6.07) is 15.9. The molecule has 0 atom stereocenters. The molecular weight excluding hydrogens is 340 g/mol. The summed E-state index contributed by atoms with van der Waals surface area (Å²) >= 11 is 0. The number of ketones is 1. The third kappa shape index (κ3) is 4.08. The van der Waals surface area contributed by atoms with Gasteiger partial charge in [-0.1, -0.05) is 48.5 Å². The van der Waals surface area contributed by atoms with E-state index in [1.54, 1.807) is 60.3 Å². The van der Waals surface area contributed by atoms with Crippen molar-refractivity contribution >= 4 is 17.6 Å². The highest BCUT2D eigenvalue weighted by atomic mass is 16.2. The molecule has 5 heteroatoms. The van der Waals surface area contributed by atoms with Crippen molar-refractivity contribution in [2.24, 2.45) is 5.92 Å². The minimum atomic E-state index is -0.155. The van der Waals surface area contributed by atoms with Gasteiger partial charge in [0.2, 0.25) is 5.91 Å². The van der Waals surface area contributed by atoms with E-state index in [1.165, 1.54) is 0 Å². The second-order valence-electron chi connectivity index (χ2n) is 7.04. The zero-order chi connectivity index (χ0) is 19.4. The van der Waals surface area contributed by atoms with E-state index in [0.29, 0.717) is 42.6 Å². The summed E-state index contributed by atoms with van der Waals surface area (Å²) in [4.78, 5) is 41.4. The van der Waals surface area contributed by atoms with Gasteiger partial charge >= 0.3 is 0 Å². The molecule has 0 aliphatic carbocycles. The molecule has 0 bridgehead atoms. The number of nitrogens with zero attached hydrogens (tertiary/aromatic N) is 2. The van der Waals surface area contributed by atoms with Crippen LogP contribution in [0.25, 0.3) is 0 Å². The molecule has 0 unspecified atom stereocenters. The normalized spacial score (nSPS) is 14.7. The van der Waals surface area contributed by atoms with E-state index in [0.717, 1.165) is 0 Å². The van der Waals surface area contributed by atoms with Gasteiger partial charge in [-0.3, -0.25) is 14.4 Å². The highest BCUT2D eigenvalue weighted by Crippen LogP contribution is 2.22. The molecule has 1 aliphatic heterocycles. The molecule has 0 aromatic heterocycles. The van der Waals surface area contributed by atoms with Crippen molar-refractivity contribution in [2.75, 3.05) is 27.2 Å². The molecule has 0 radical (unpaired) electrons. The van der Waals surface area contributed by atoms with Gasteiger partial charge in [0, 0.05) is 44.2 Å². The molecule has 5 nitrogen and oxygen atoms in total. The fourth-order valence-electron chi connectivity index (χ4n) is 3.48. The monoisotopic (exact) mass is 364 g/mol. The van der Waals surface area contributed by atoms with E-state index in [2.05, 4.69) is 0 Å². The van der Waals surface area contributed by atoms with Crippen molar-refractivity contribution in [3.63, 3.8) is 0 Å². The molecule has 0 saturated carbocycles. The Kier molecular flexibility index (Phi) is 5.69. The molecule has 140 valence electrons. The van der Waals surface area contributed by atoms with Crippen LogP contribution in [-0.2, 0) is 4.79 Å². The van der Waals surface area contributed by atoms with E-state index < -0.39 is 0 Å². The Bertz CT molecular complexity index is 838. The lowest BCUT2D eigenvalue weighted by Gasteiger charge is -2.32. The lowest BCUT2D eigenvalue weighted by molar-refractivity contribution is -0.134. The molecule has 1 saturated heterocycles. The number of carbonyl (C=O) groups excluding carboxylic acids is 3. The molecule has 3 rings (SSSR count). The molecule has 2 aromatic rings. The molecule has 1 fully saturated rings. The number of benzene rings is 2. The lowest BCUT2D eigenvalue weighted by Crippen LogP contribution is -2.43. The summed E-state index contributed by atoms with van der Waals surface area (Å²) in [7, 11) is 3.51. The first-order valence-corrected chi connectivity index (χ1v) is 9.18. The van der Waals surface area contributed by atoms with Gasteiger partial charge < -0.3 is 9.80 Å². The Balaban J connectivity index is 1.77. The maximum absolute atomic E-state index is 13.0. The van der Waals surface area contributed by atoms with Crippen LogP contribution in [0.15, 0.2) is 54.6 Å². The van der Waals surface area contributed by atoms with E-state index in [1.807, 2.05) is 18.2 Å². The van der Waals surface area contributed by atoms with Crippen molar-refractivity contribution in [1.82, 2.24) is 9.80 Å². The first-order valence-electron chi connectivity index (χ1n) is 9.18.